The van der Waals surface area contributed by atoms with E-state index in [0.29, 0.717) is 17.1 Å². The van der Waals surface area contributed by atoms with Gasteiger partial charge in [-0.2, -0.15) is 0 Å². The monoisotopic (exact) mass is 394 g/mol. The highest BCUT2D eigenvalue weighted by molar-refractivity contribution is 7.99. The Kier molecular flexibility index (Phi) is 6.25. The zero-order chi connectivity index (χ0) is 20.4. The number of rotatable bonds is 3. The molecule has 0 spiro atoms. The Hall–Kier alpha value is -2.42. The number of likely N-dealkylation sites (N-methyl/N-ethyl adjacent to an activating group) is 1. The molecule has 0 radical (unpaired) electrons. The molecule has 8 nitrogen and oxygen atoms in total. The minimum atomic E-state index is -0.798. The number of carbonyl (C=O) groups excluding carboxylic acids is 3. The Morgan fingerprint density at radius 1 is 1.41 bits per heavy atom. The smallest absolute Gasteiger partial charge is 0.410 e. The van der Waals surface area contributed by atoms with E-state index in [4.69, 9.17) is 10.5 Å². The van der Waals surface area contributed by atoms with Gasteiger partial charge in [-0.15, -0.1) is 11.8 Å². The number of benzene rings is 1. The molecule has 2 atom stereocenters. The molecule has 148 valence electrons. The van der Waals surface area contributed by atoms with E-state index < -0.39 is 29.7 Å². The quantitative estimate of drug-likeness (QED) is 0.676. The van der Waals surface area contributed by atoms with Crippen LogP contribution in [0.4, 0.5) is 16.2 Å². The van der Waals surface area contributed by atoms with Gasteiger partial charge in [0.15, 0.2) is 0 Å². The second kappa shape index (κ2) is 8.08. The number of hydrogen-bond donors (Lipinski definition) is 3. The molecule has 4 N–H and O–H groups in total. The van der Waals surface area contributed by atoms with Crippen molar-refractivity contribution < 1.29 is 19.1 Å². The molecule has 0 saturated heterocycles. The molecule has 9 heteroatoms. The standard InChI is InChI=1S/C18H26N4O4S/c1-10(22(5)17(25)26-18(2,3)4)15(23)21-13-9-27-14-11(19)7-6-8-12(14)20-16(13)24/h6-8,10,13H,9,19H2,1-5H3,(H,20,24)(H,21,23)/t10-,13-/m0/s1. The van der Waals surface area contributed by atoms with Crippen molar-refractivity contribution in [1.82, 2.24) is 10.2 Å². The number of thioether (sulfide) groups is 1. The van der Waals surface area contributed by atoms with Crippen molar-refractivity contribution in [2.75, 3.05) is 23.9 Å². The third-order valence-electron chi connectivity index (χ3n) is 3.97. The summed E-state index contributed by atoms with van der Waals surface area (Å²) in [5, 5.41) is 5.48. The summed E-state index contributed by atoms with van der Waals surface area (Å²) >= 11 is 1.40. The van der Waals surface area contributed by atoms with Gasteiger partial charge in [-0.3, -0.25) is 14.5 Å². The van der Waals surface area contributed by atoms with E-state index in [-0.39, 0.29) is 5.91 Å². The Bertz CT molecular complexity index is 747. The largest absolute Gasteiger partial charge is 0.444 e. The minimum absolute atomic E-state index is 0.327. The van der Waals surface area contributed by atoms with Crippen LogP contribution in [0.2, 0.25) is 0 Å². The van der Waals surface area contributed by atoms with Gasteiger partial charge in [-0.25, -0.2) is 4.79 Å². The summed E-state index contributed by atoms with van der Waals surface area (Å²) in [6.07, 6.45) is -0.606. The van der Waals surface area contributed by atoms with Crippen molar-refractivity contribution in [3.05, 3.63) is 18.2 Å². The van der Waals surface area contributed by atoms with E-state index in [1.807, 2.05) is 0 Å². The summed E-state index contributed by atoms with van der Waals surface area (Å²) in [7, 11) is 1.48. The van der Waals surface area contributed by atoms with Gasteiger partial charge in [0.1, 0.15) is 17.7 Å². The summed E-state index contributed by atoms with van der Waals surface area (Å²) in [5.74, 6) is -0.433. The van der Waals surface area contributed by atoms with E-state index in [2.05, 4.69) is 10.6 Å². The molecule has 1 aliphatic heterocycles. The van der Waals surface area contributed by atoms with Gasteiger partial charge in [-0.05, 0) is 39.8 Å². The average molecular weight is 394 g/mol. The summed E-state index contributed by atoms with van der Waals surface area (Å²) in [4.78, 5) is 39.1. The van der Waals surface area contributed by atoms with Gasteiger partial charge in [0.25, 0.3) is 0 Å². The first-order chi connectivity index (χ1) is 12.5. The molecule has 1 heterocycles. The maximum Gasteiger partial charge on any atom is 0.410 e. The highest BCUT2D eigenvalue weighted by atomic mass is 32.2. The number of anilines is 2. The number of nitrogen functional groups attached to an aromatic ring is 1. The summed E-state index contributed by atoms with van der Waals surface area (Å²) in [5.41, 5.74) is 6.49. The Labute approximate surface area is 163 Å². The molecule has 0 fully saturated rings. The first-order valence-electron chi connectivity index (χ1n) is 8.58. The number of nitrogens with two attached hydrogens (primary N) is 1. The maximum atomic E-state index is 12.5. The fourth-order valence-corrected chi connectivity index (χ4v) is 3.42. The molecule has 0 aliphatic carbocycles. The number of ether oxygens (including phenoxy) is 1. The van der Waals surface area contributed by atoms with Crippen molar-refractivity contribution in [1.29, 1.82) is 0 Å². The molecule has 0 bridgehead atoms. The average Bonchev–Trinajstić information content (AvgIpc) is 2.72. The van der Waals surface area contributed by atoms with E-state index in [9.17, 15) is 14.4 Å². The predicted molar refractivity (Wildman–Crippen MR) is 106 cm³/mol. The van der Waals surface area contributed by atoms with E-state index in [1.165, 1.54) is 23.7 Å². The summed E-state index contributed by atoms with van der Waals surface area (Å²) < 4.78 is 5.27. The van der Waals surface area contributed by atoms with Gasteiger partial charge < -0.3 is 21.1 Å². The van der Waals surface area contributed by atoms with Gasteiger partial charge in [0.05, 0.1) is 10.6 Å². The van der Waals surface area contributed by atoms with Crippen molar-refractivity contribution in [2.45, 2.75) is 50.3 Å². The third-order valence-corrected chi connectivity index (χ3v) is 5.22. The van der Waals surface area contributed by atoms with Crippen molar-refractivity contribution in [3.8, 4) is 0 Å². The maximum absolute atomic E-state index is 12.5. The number of carbonyl (C=O) groups is 3. The van der Waals surface area contributed by atoms with Gasteiger partial charge >= 0.3 is 6.09 Å². The summed E-state index contributed by atoms with van der Waals surface area (Å²) in [6, 6.07) is 3.73. The lowest BCUT2D eigenvalue weighted by molar-refractivity contribution is -0.129. The first kappa shape index (κ1) is 20.9. The number of amides is 3. The molecule has 1 aromatic carbocycles. The van der Waals surface area contributed by atoms with Crippen LogP contribution >= 0.6 is 11.8 Å². The normalized spacial score (nSPS) is 17.8. The van der Waals surface area contributed by atoms with Crippen LogP contribution in [-0.4, -0.2) is 53.3 Å². The fraction of sp³-hybridized carbons (Fsp3) is 0.500. The van der Waals surface area contributed by atoms with E-state index in [1.54, 1.807) is 45.9 Å². The van der Waals surface area contributed by atoms with Crippen LogP contribution in [0, 0.1) is 0 Å². The van der Waals surface area contributed by atoms with E-state index in [0.717, 1.165) is 4.90 Å². The predicted octanol–water partition coefficient (Wildman–Crippen LogP) is 2.05. The van der Waals surface area contributed by atoms with Crippen LogP contribution in [0.5, 0.6) is 0 Å². The molecule has 27 heavy (non-hydrogen) atoms. The second-order valence-electron chi connectivity index (χ2n) is 7.35. The SMILES string of the molecule is C[C@@H](C(=O)N[C@H]1CSc2c(N)cccc2NC1=O)N(C)C(=O)OC(C)(C)C. The topological polar surface area (TPSA) is 114 Å². The lowest BCUT2D eigenvalue weighted by Crippen LogP contribution is -2.53. The van der Waals surface area contributed by atoms with Crippen molar-refractivity contribution >= 4 is 41.0 Å². The zero-order valence-corrected chi connectivity index (χ0v) is 17.0. The first-order valence-corrected chi connectivity index (χ1v) is 9.56. The van der Waals surface area contributed by atoms with Gasteiger partial charge in [-0.1, -0.05) is 6.07 Å². The van der Waals surface area contributed by atoms with Crippen molar-refractivity contribution in [2.24, 2.45) is 0 Å². The third kappa shape index (κ3) is 5.29. The van der Waals surface area contributed by atoms with Crippen LogP contribution in [0.25, 0.3) is 0 Å². The lowest BCUT2D eigenvalue weighted by Gasteiger charge is -2.28. The Morgan fingerprint density at radius 3 is 2.70 bits per heavy atom. The fourth-order valence-electron chi connectivity index (χ4n) is 2.34. The molecule has 0 unspecified atom stereocenters. The zero-order valence-electron chi connectivity index (χ0n) is 16.2. The van der Waals surface area contributed by atoms with Crippen LogP contribution in [0.1, 0.15) is 27.7 Å². The molecule has 0 aromatic heterocycles. The minimum Gasteiger partial charge on any atom is -0.444 e. The van der Waals surface area contributed by atoms with Crippen LogP contribution < -0.4 is 16.4 Å². The Balaban J connectivity index is 2.02. The molecule has 3 amide bonds. The van der Waals surface area contributed by atoms with Gasteiger partial charge in [0.2, 0.25) is 11.8 Å². The van der Waals surface area contributed by atoms with E-state index >= 15 is 0 Å². The van der Waals surface area contributed by atoms with Crippen molar-refractivity contribution in [3.63, 3.8) is 0 Å². The molecule has 1 aliphatic rings. The Morgan fingerprint density at radius 2 is 2.07 bits per heavy atom. The molecule has 1 aromatic rings. The number of hydrogen-bond acceptors (Lipinski definition) is 6. The second-order valence-corrected chi connectivity index (χ2v) is 8.38. The molecule has 2 rings (SSSR count). The number of fused-ring (bicyclic) bond motifs is 1. The highest BCUT2D eigenvalue weighted by Crippen LogP contribution is 2.35. The van der Waals surface area contributed by atoms with Crippen LogP contribution in [0.3, 0.4) is 0 Å². The molecular weight excluding hydrogens is 368 g/mol. The summed E-state index contributed by atoms with van der Waals surface area (Å²) in [6.45, 7) is 6.83. The van der Waals surface area contributed by atoms with Gasteiger partial charge in [0, 0.05) is 18.5 Å². The van der Waals surface area contributed by atoms with Crippen LogP contribution in [-0.2, 0) is 14.3 Å². The van der Waals surface area contributed by atoms with Crippen LogP contribution in [0.15, 0.2) is 23.1 Å². The lowest BCUT2D eigenvalue weighted by atomic mass is 10.2. The highest BCUT2D eigenvalue weighted by Gasteiger charge is 2.31. The molecular formula is C18H26N4O4S. The molecule has 0 saturated carbocycles. The number of nitrogens with zero attached hydrogens (tertiary/aromatic N) is 1. The number of nitrogens with one attached hydrogen (secondary N) is 2.